The van der Waals surface area contributed by atoms with Crippen LogP contribution in [-0.4, -0.2) is 28.7 Å². The Kier molecular flexibility index (Phi) is 4.90. The van der Waals surface area contributed by atoms with Gasteiger partial charge in [-0.05, 0) is 41.3 Å². The van der Waals surface area contributed by atoms with Crippen molar-refractivity contribution >= 4 is 34.8 Å². The maximum atomic E-state index is 5.73. The molecule has 1 N–H and O–H groups in total. The number of nitrogens with zero attached hydrogens (tertiary/aromatic N) is 3. The average Bonchev–Trinajstić information content (AvgIpc) is 2.36. The molecule has 0 unspecified atom stereocenters. The number of methoxy groups -OCH3 is 1. The molecule has 2 rings (SSSR count). The molecule has 19 heavy (non-hydrogen) atoms. The summed E-state index contributed by atoms with van der Waals surface area (Å²) in [6.07, 6.45) is 0.784. The molecule has 7 heteroatoms. The van der Waals surface area contributed by atoms with Crippen LogP contribution >= 0.6 is 23.2 Å². The van der Waals surface area contributed by atoms with Crippen LogP contribution in [0.2, 0.25) is 10.6 Å². The number of anilines is 2. The summed E-state index contributed by atoms with van der Waals surface area (Å²) in [6, 6.07) is 7.81. The smallest absolute Gasteiger partial charge is 0.232 e. The predicted octanol–water partition coefficient (Wildman–Crippen LogP) is 3.11. The van der Waals surface area contributed by atoms with Crippen molar-refractivity contribution in [3.63, 3.8) is 0 Å². The number of ether oxygens (including phenoxy) is 1. The maximum absolute atomic E-state index is 5.73. The fourth-order valence-corrected chi connectivity index (χ4v) is 1.94. The summed E-state index contributed by atoms with van der Waals surface area (Å²) in [4.78, 5) is 11.6. The third-order valence-electron chi connectivity index (χ3n) is 2.42. The van der Waals surface area contributed by atoms with E-state index in [9.17, 15) is 0 Å². The highest BCUT2D eigenvalue weighted by molar-refractivity contribution is 6.31. The van der Waals surface area contributed by atoms with Crippen molar-refractivity contribution < 1.29 is 4.74 Å². The Labute approximate surface area is 121 Å². The number of benzene rings is 1. The highest BCUT2D eigenvalue weighted by Gasteiger charge is 2.06. The zero-order valence-electron chi connectivity index (χ0n) is 10.2. The van der Waals surface area contributed by atoms with E-state index in [1.807, 2.05) is 24.3 Å². The van der Waals surface area contributed by atoms with Crippen LogP contribution in [0.1, 0.15) is 5.56 Å². The second kappa shape index (κ2) is 6.65. The molecule has 0 radical (unpaired) electrons. The van der Waals surface area contributed by atoms with Gasteiger partial charge in [0.15, 0.2) is 0 Å². The van der Waals surface area contributed by atoms with Gasteiger partial charge in [-0.3, -0.25) is 0 Å². The van der Waals surface area contributed by atoms with Gasteiger partial charge in [-0.25, -0.2) is 0 Å². The van der Waals surface area contributed by atoms with Gasteiger partial charge in [0.1, 0.15) is 0 Å². The van der Waals surface area contributed by atoms with E-state index in [0.29, 0.717) is 12.6 Å². The van der Waals surface area contributed by atoms with E-state index in [0.717, 1.165) is 17.7 Å². The van der Waals surface area contributed by atoms with Crippen molar-refractivity contribution in [3.05, 3.63) is 40.4 Å². The molecule has 0 amide bonds. The normalized spacial score (nSPS) is 10.5. The van der Waals surface area contributed by atoms with Crippen LogP contribution < -0.4 is 5.32 Å². The van der Waals surface area contributed by atoms with E-state index in [-0.39, 0.29) is 10.6 Å². The van der Waals surface area contributed by atoms with Crippen LogP contribution in [0.4, 0.5) is 11.6 Å². The lowest BCUT2D eigenvalue weighted by Gasteiger charge is -2.10. The first-order valence-corrected chi connectivity index (χ1v) is 6.35. The molecule has 0 fully saturated rings. The number of para-hydroxylation sites is 1. The Morgan fingerprint density at radius 1 is 1.11 bits per heavy atom. The maximum Gasteiger partial charge on any atom is 0.232 e. The summed E-state index contributed by atoms with van der Waals surface area (Å²) >= 11 is 11.5. The van der Waals surface area contributed by atoms with Crippen molar-refractivity contribution in [1.82, 2.24) is 15.0 Å². The Morgan fingerprint density at radius 2 is 1.79 bits per heavy atom. The fraction of sp³-hybridized carbons (Fsp3) is 0.250. The van der Waals surface area contributed by atoms with Gasteiger partial charge in [-0.1, -0.05) is 18.2 Å². The lowest BCUT2D eigenvalue weighted by Crippen LogP contribution is -2.03. The number of aromatic nitrogens is 3. The fourth-order valence-electron chi connectivity index (χ4n) is 1.57. The first-order chi connectivity index (χ1) is 9.19. The summed E-state index contributed by atoms with van der Waals surface area (Å²) in [6.45, 7) is 0.636. The molecule has 0 spiro atoms. The highest BCUT2D eigenvalue weighted by atomic mass is 35.5. The molecule has 0 atom stereocenters. The Morgan fingerprint density at radius 3 is 2.47 bits per heavy atom. The van der Waals surface area contributed by atoms with Gasteiger partial charge in [-0.2, -0.15) is 15.0 Å². The largest absolute Gasteiger partial charge is 0.384 e. The van der Waals surface area contributed by atoms with Gasteiger partial charge in [0.25, 0.3) is 0 Å². The molecule has 0 bridgehead atoms. The van der Waals surface area contributed by atoms with E-state index >= 15 is 0 Å². The molecule has 0 aliphatic carbocycles. The van der Waals surface area contributed by atoms with Gasteiger partial charge < -0.3 is 10.1 Å². The van der Waals surface area contributed by atoms with Crippen molar-refractivity contribution in [2.24, 2.45) is 0 Å². The summed E-state index contributed by atoms with van der Waals surface area (Å²) < 4.78 is 5.08. The van der Waals surface area contributed by atoms with Gasteiger partial charge >= 0.3 is 0 Å². The van der Waals surface area contributed by atoms with Crippen LogP contribution in [0, 0.1) is 0 Å². The summed E-state index contributed by atoms with van der Waals surface area (Å²) in [5, 5.41) is 3.18. The number of hydrogen-bond donors (Lipinski definition) is 1. The van der Waals surface area contributed by atoms with Crippen molar-refractivity contribution in [3.8, 4) is 0 Å². The second-order valence-electron chi connectivity index (χ2n) is 3.72. The third kappa shape index (κ3) is 4.02. The van der Waals surface area contributed by atoms with Crippen LogP contribution in [0.3, 0.4) is 0 Å². The standard InChI is InChI=1S/C12H12Cl2N4O/c1-19-7-6-8-4-2-3-5-9(8)15-12-17-10(13)16-11(14)18-12/h2-5H,6-7H2,1H3,(H,15,16,17,18). The van der Waals surface area contributed by atoms with Gasteiger partial charge in [-0.15, -0.1) is 0 Å². The molecule has 1 aromatic heterocycles. The topological polar surface area (TPSA) is 59.9 Å². The number of hydrogen-bond acceptors (Lipinski definition) is 5. The van der Waals surface area contributed by atoms with Crippen LogP contribution in [-0.2, 0) is 11.2 Å². The quantitative estimate of drug-likeness (QED) is 0.919. The summed E-state index contributed by atoms with van der Waals surface area (Å²) in [7, 11) is 1.67. The van der Waals surface area contributed by atoms with Crippen molar-refractivity contribution in [2.75, 3.05) is 19.0 Å². The molecule has 2 aromatic rings. The monoisotopic (exact) mass is 298 g/mol. The summed E-state index contributed by atoms with van der Waals surface area (Å²) in [5.41, 5.74) is 1.98. The van der Waals surface area contributed by atoms with Crippen LogP contribution in [0.5, 0.6) is 0 Å². The number of nitrogens with one attached hydrogen (secondary N) is 1. The van der Waals surface area contributed by atoms with Gasteiger partial charge in [0, 0.05) is 12.8 Å². The zero-order chi connectivity index (χ0) is 13.7. The van der Waals surface area contributed by atoms with Gasteiger partial charge in [0.05, 0.1) is 6.61 Å². The van der Waals surface area contributed by atoms with Crippen LogP contribution in [0.25, 0.3) is 0 Å². The minimum Gasteiger partial charge on any atom is -0.384 e. The van der Waals surface area contributed by atoms with E-state index in [2.05, 4.69) is 20.3 Å². The minimum atomic E-state index is 0.0527. The molecular weight excluding hydrogens is 287 g/mol. The first-order valence-electron chi connectivity index (χ1n) is 5.60. The molecule has 0 saturated carbocycles. The second-order valence-corrected chi connectivity index (χ2v) is 4.40. The average molecular weight is 299 g/mol. The Hall–Kier alpha value is -1.43. The molecule has 100 valence electrons. The highest BCUT2D eigenvalue weighted by Crippen LogP contribution is 2.20. The first kappa shape index (κ1) is 14.0. The van der Waals surface area contributed by atoms with Crippen molar-refractivity contribution in [1.29, 1.82) is 0 Å². The van der Waals surface area contributed by atoms with E-state index in [1.54, 1.807) is 7.11 Å². The predicted molar refractivity (Wildman–Crippen MR) is 75.2 cm³/mol. The molecule has 1 heterocycles. The van der Waals surface area contributed by atoms with E-state index in [1.165, 1.54) is 0 Å². The van der Waals surface area contributed by atoms with Crippen LogP contribution in [0.15, 0.2) is 24.3 Å². The molecule has 0 aliphatic heterocycles. The zero-order valence-corrected chi connectivity index (χ0v) is 11.7. The Balaban J connectivity index is 2.22. The lowest BCUT2D eigenvalue weighted by atomic mass is 10.1. The lowest BCUT2D eigenvalue weighted by molar-refractivity contribution is 0.202. The van der Waals surface area contributed by atoms with Crippen molar-refractivity contribution in [2.45, 2.75) is 6.42 Å². The SMILES string of the molecule is COCCc1ccccc1Nc1nc(Cl)nc(Cl)n1. The molecular formula is C12H12Cl2N4O. The summed E-state index contributed by atoms with van der Waals surface area (Å²) in [5.74, 6) is 0.315. The molecule has 5 nitrogen and oxygen atoms in total. The minimum absolute atomic E-state index is 0.0527. The molecule has 0 saturated heterocycles. The number of halogens is 2. The Bertz CT molecular complexity index is 545. The van der Waals surface area contributed by atoms with E-state index < -0.39 is 0 Å². The molecule has 1 aromatic carbocycles. The van der Waals surface area contributed by atoms with E-state index in [4.69, 9.17) is 27.9 Å². The number of rotatable bonds is 5. The van der Waals surface area contributed by atoms with Gasteiger partial charge in [0.2, 0.25) is 16.5 Å². The molecule has 0 aliphatic rings. The third-order valence-corrected chi connectivity index (χ3v) is 2.76.